The molecule has 1 unspecified atom stereocenters. The van der Waals surface area contributed by atoms with Crippen LogP contribution in [0, 0.1) is 5.92 Å². The first-order chi connectivity index (χ1) is 11.7. The molecule has 2 aromatic rings. The number of carbonyl (C=O) groups is 1. The first kappa shape index (κ1) is 15.1. The quantitative estimate of drug-likeness (QED) is 0.852. The van der Waals surface area contributed by atoms with Gasteiger partial charge in [-0.1, -0.05) is 5.16 Å². The van der Waals surface area contributed by atoms with Crippen molar-refractivity contribution in [1.82, 2.24) is 15.0 Å². The van der Waals surface area contributed by atoms with E-state index in [1.165, 1.54) is 18.4 Å². The molecule has 2 fully saturated rings. The molecule has 2 aromatic heterocycles. The first-order valence-electron chi connectivity index (χ1n) is 8.39. The molecule has 0 N–H and O–H groups in total. The van der Waals surface area contributed by atoms with Gasteiger partial charge in [-0.2, -0.15) is 4.98 Å². The van der Waals surface area contributed by atoms with E-state index in [1.54, 1.807) is 0 Å². The summed E-state index contributed by atoms with van der Waals surface area (Å²) in [5.74, 6) is 2.19. The maximum Gasteiger partial charge on any atom is 0.335 e. The van der Waals surface area contributed by atoms with Gasteiger partial charge in [-0.25, -0.2) is 4.79 Å². The average Bonchev–Trinajstić information content (AvgIpc) is 3.35. The lowest BCUT2D eigenvalue weighted by atomic mass is 9.94. The summed E-state index contributed by atoms with van der Waals surface area (Å²) in [5.41, 5.74) is -0.0463. The molecule has 126 valence electrons. The third-order valence-corrected chi connectivity index (χ3v) is 4.64. The van der Waals surface area contributed by atoms with E-state index in [2.05, 4.69) is 10.1 Å². The summed E-state index contributed by atoms with van der Waals surface area (Å²) in [7, 11) is 0. The Bertz CT molecular complexity index is 773. The monoisotopic (exact) mass is 329 g/mol. The van der Waals surface area contributed by atoms with Gasteiger partial charge in [-0.05, 0) is 37.7 Å². The van der Waals surface area contributed by atoms with Crippen LogP contribution in [0.2, 0.25) is 0 Å². The van der Waals surface area contributed by atoms with Crippen molar-refractivity contribution in [2.75, 3.05) is 13.1 Å². The van der Waals surface area contributed by atoms with Gasteiger partial charge >= 0.3 is 5.63 Å². The van der Waals surface area contributed by atoms with Crippen LogP contribution in [0.3, 0.4) is 0 Å². The maximum atomic E-state index is 12.5. The number of rotatable bonds is 4. The highest BCUT2D eigenvalue weighted by molar-refractivity contribution is 5.93. The first-order valence-corrected chi connectivity index (χ1v) is 8.39. The Morgan fingerprint density at radius 1 is 1.29 bits per heavy atom. The minimum absolute atomic E-state index is 0.104. The van der Waals surface area contributed by atoms with Gasteiger partial charge in [0.15, 0.2) is 5.82 Å². The highest BCUT2D eigenvalue weighted by Crippen LogP contribution is 2.38. The molecule has 1 aliphatic heterocycles. The smallest absolute Gasteiger partial charge is 0.335 e. The van der Waals surface area contributed by atoms with Crippen LogP contribution in [-0.4, -0.2) is 34.0 Å². The molecular formula is C17H19N3O4. The molecule has 0 spiro atoms. The third-order valence-electron chi connectivity index (χ3n) is 4.64. The summed E-state index contributed by atoms with van der Waals surface area (Å²) in [5, 5.41) is 4.05. The molecule has 0 bridgehead atoms. The van der Waals surface area contributed by atoms with Crippen molar-refractivity contribution in [3.8, 4) is 0 Å². The Morgan fingerprint density at radius 2 is 2.17 bits per heavy atom. The summed E-state index contributed by atoms with van der Waals surface area (Å²) < 4.78 is 10.1. The Balaban J connectivity index is 1.40. The predicted octanol–water partition coefficient (Wildman–Crippen LogP) is 2.00. The lowest BCUT2D eigenvalue weighted by Gasteiger charge is -2.32. The predicted molar refractivity (Wildman–Crippen MR) is 83.6 cm³/mol. The number of hydrogen-bond acceptors (Lipinski definition) is 6. The van der Waals surface area contributed by atoms with Gasteiger partial charge in [-0.15, -0.1) is 0 Å². The molecule has 0 aromatic carbocycles. The third kappa shape index (κ3) is 3.25. The number of piperidine rings is 1. The zero-order valence-corrected chi connectivity index (χ0v) is 13.3. The van der Waals surface area contributed by atoms with Gasteiger partial charge in [0.25, 0.3) is 5.91 Å². The van der Waals surface area contributed by atoms with Gasteiger partial charge in [0.05, 0.1) is 5.56 Å². The Morgan fingerprint density at radius 3 is 2.92 bits per heavy atom. The number of likely N-dealkylation sites (tertiary alicyclic amines) is 1. The maximum absolute atomic E-state index is 12.5. The van der Waals surface area contributed by atoms with E-state index in [-0.39, 0.29) is 5.91 Å². The SMILES string of the molecule is O=C(c1ccc(=O)oc1)N1CCCC(Cc2nc(C3CC3)no2)C1. The summed E-state index contributed by atoms with van der Waals surface area (Å²) >= 11 is 0. The average molecular weight is 329 g/mol. The van der Waals surface area contributed by atoms with Crippen LogP contribution < -0.4 is 5.63 Å². The van der Waals surface area contributed by atoms with Gasteiger partial charge in [-0.3, -0.25) is 4.79 Å². The van der Waals surface area contributed by atoms with Crippen molar-refractivity contribution in [2.45, 2.75) is 38.0 Å². The number of nitrogens with zero attached hydrogens (tertiary/aromatic N) is 3. The largest absolute Gasteiger partial charge is 0.430 e. The zero-order chi connectivity index (χ0) is 16.5. The van der Waals surface area contributed by atoms with E-state index in [1.807, 2.05) is 4.90 Å². The van der Waals surface area contributed by atoms with Gasteiger partial charge < -0.3 is 13.8 Å². The van der Waals surface area contributed by atoms with Crippen molar-refractivity contribution >= 4 is 5.91 Å². The molecule has 0 radical (unpaired) electrons. The van der Waals surface area contributed by atoms with Gasteiger partial charge in [0, 0.05) is 31.5 Å². The molecule has 3 heterocycles. The van der Waals surface area contributed by atoms with Crippen LogP contribution in [0.5, 0.6) is 0 Å². The van der Waals surface area contributed by atoms with Crippen molar-refractivity contribution in [1.29, 1.82) is 0 Å². The van der Waals surface area contributed by atoms with Gasteiger partial charge in [0.2, 0.25) is 5.89 Å². The molecule has 1 atom stereocenters. The van der Waals surface area contributed by atoms with Gasteiger partial charge in [0.1, 0.15) is 6.26 Å². The van der Waals surface area contributed by atoms with Crippen molar-refractivity contribution in [3.63, 3.8) is 0 Å². The van der Waals surface area contributed by atoms with E-state index >= 15 is 0 Å². The molecule has 2 aliphatic rings. The normalized spacial score (nSPS) is 21.0. The molecule has 1 saturated carbocycles. The summed E-state index contributed by atoms with van der Waals surface area (Å²) in [6.07, 6.45) is 6.21. The highest BCUT2D eigenvalue weighted by Gasteiger charge is 2.30. The second kappa shape index (κ2) is 6.22. The zero-order valence-electron chi connectivity index (χ0n) is 13.3. The van der Waals surface area contributed by atoms with E-state index < -0.39 is 5.63 Å². The van der Waals surface area contributed by atoms with E-state index in [0.29, 0.717) is 42.8 Å². The fourth-order valence-corrected chi connectivity index (χ4v) is 3.18. The number of carbonyl (C=O) groups excluding carboxylic acids is 1. The summed E-state index contributed by atoms with van der Waals surface area (Å²) in [6.45, 7) is 1.37. The molecule has 1 aliphatic carbocycles. The lowest BCUT2D eigenvalue weighted by Crippen LogP contribution is -2.40. The van der Waals surface area contributed by atoms with Crippen molar-refractivity contribution in [3.05, 3.63) is 46.1 Å². The summed E-state index contributed by atoms with van der Waals surface area (Å²) in [6, 6.07) is 2.78. The minimum atomic E-state index is -0.453. The molecule has 7 nitrogen and oxygen atoms in total. The molecule has 1 saturated heterocycles. The summed E-state index contributed by atoms with van der Waals surface area (Å²) in [4.78, 5) is 29.8. The number of aromatic nitrogens is 2. The number of amides is 1. The van der Waals surface area contributed by atoms with Crippen molar-refractivity contribution < 1.29 is 13.7 Å². The topological polar surface area (TPSA) is 89.4 Å². The molecule has 7 heteroatoms. The molecule has 24 heavy (non-hydrogen) atoms. The van der Waals surface area contributed by atoms with Crippen LogP contribution in [-0.2, 0) is 6.42 Å². The van der Waals surface area contributed by atoms with Crippen LogP contribution in [0.25, 0.3) is 0 Å². The second-order valence-corrected chi connectivity index (χ2v) is 6.63. The Hall–Kier alpha value is -2.44. The Labute approximate surface area is 138 Å². The van der Waals surface area contributed by atoms with Crippen LogP contribution >= 0.6 is 0 Å². The second-order valence-electron chi connectivity index (χ2n) is 6.63. The standard InChI is InChI=1S/C17H19N3O4/c21-15-6-5-13(10-23-15)17(22)20-7-1-2-11(9-20)8-14-18-16(19-24-14)12-3-4-12/h5-6,10-12H,1-4,7-9H2. The fourth-order valence-electron chi connectivity index (χ4n) is 3.18. The van der Waals surface area contributed by atoms with E-state index in [9.17, 15) is 9.59 Å². The number of hydrogen-bond donors (Lipinski definition) is 0. The molecule has 4 rings (SSSR count). The Kier molecular flexibility index (Phi) is 3.92. The lowest BCUT2D eigenvalue weighted by molar-refractivity contribution is 0.0665. The highest BCUT2D eigenvalue weighted by atomic mass is 16.5. The fraction of sp³-hybridized carbons (Fsp3) is 0.529. The van der Waals surface area contributed by atoms with E-state index in [4.69, 9.17) is 8.94 Å². The van der Waals surface area contributed by atoms with Crippen LogP contribution in [0.1, 0.15) is 53.7 Å². The minimum Gasteiger partial charge on any atom is -0.430 e. The molecular weight excluding hydrogens is 310 g/mol. The van der Waals surface area contributed by atoms with Crippen molar-refractivity contribution in [2.24, 2.45) is 5.92 Å². The molecule has 1 amide bonds. The van der Waals surface area contributed by atoms with Crippen LogP contribution in [0.4, 0.5) is 0 Å². The van der Waals surface area contributed by atoms with Crippen LogP contribution in [0.15, 0.2) is 32.1 Å². The van der Waals surface area contributed by atoms with E-state index in [0.717, 1.165) is 31.5 Å².